The van der Waals surface area contributed by atoms with E-state index in [1.807, 2.05) is 42.5 Å². The minimum Gasteiger partial charge on any atom is -0.368 e. The highest BCUT2D eigenvalue weighted by Crippen LogP contribution is 2.34. The lowest BCUT2D eigenvalue weighted by Crippen LogP contribution is -2.53. The van der Waals surface area contributed by atoms with Crippen molar-refractivity contribution in [1.82, 2.24) is 10.0 Å². The van der Waals surface area contributed by atoms with Gasteiger partial charge in [-0.25, -0.2) is 10.0 Å². The van der Waals surface area contributed by atoms with Crippen LogP contribution in [0.25, 0.3) is 0 Å². The fourth-order valence-corrected chi connectivity index (χ4v) is 4.09. The molecule has 1 aliphatic rings. The van der Waals surface area contributed by atoms with Gasteiger partial charge in [-0.05, 0) is 48.0 Å². The first-order valence-electron chi connectivity index (χ1n) is 10.3. The molecule has 5 nitrogen and oxygen atoms in total. The lowest BCUT2D eigenvalue weighted by molar-refractivity contribution is -0.0266. The van der Waals surface area contributed by atoms with Crippen molar-refractivity contribution in [2.45, 2.75) is 6.04 Å². The second kappa shape index (κ2) is 9.11. The highest BCUT2D eigenvalue weighted by Gasteiger charge is 2.31. The maximum atomic E-state index is 11.0. The van der Waals surface area contributed by atoms with Gasteiger partial charge in [0.05, 0.1) is 6.04 Å². The molecule has 154 valence electrons. The first-order chi connectivity index (χ1) is 14.7. The lowest BCUT2D eigenvalue weighted by Gasteiger charge is -2.45. The second-order valence-corrected chi connectivity index (χ2v) is 7.76. The number of piperazine rings is 1. The van der Waals surface area contributed by atoms with Gasteiger partial charge in [-0.15, -0.1) is 0 Å². The summed E-state index contributed by atoms with van der Waals surface area (Å²) >= 11 is 0. The van der Waals surface area contributed by atoms with E-state index >= 15 is 0 Å². The predicted molar refractivity (Wildman–Crippen MR) is 123 cm³/mol. The van der Waals surface area contributed by atoms with Crippen molar-refractivity contribution in [2.75, 3.05) is 43.9 Å². The van der Waals surface area contributed by atoms with E-state index in [1.54, 1.807) is 0 Å². The van der Waals surface area contributed by atoms with Crippen LogP contribution in [0.4, 0.5) is 17.1 Å². The molecule has 1 saturated heterocycles. The summed E-state index contributed by atoms with van der Waals surface area (Å²) in [7, 11) is 4.21. The SMILES string of the molecule is CN(C)N1CCN(c2ccc(C=O)cc2)CC1c1ccccc1Nc1ccccc1. The van der Waals surface area contributed by atoms with Crippen LogP contribution in [-0.2, 0) is 0 Å². The molecule has 3 aromatic carbocycles. The summed E-state index contributed by atoms with van der Waals surface area (Å²) in [5, 5.41) is 8.21. The van der Waals surface area contributed by atoms with Crippen molar-refractivity contribution >= 4 is 23.3 Å². The largest absolute Gasteiger partial charge is 0.368 e. The van der Waals surface area contributed by atoms with Crippen molar-refractivity contribution < 1.29 is 4.79 Å². The van der Waals surface area contributed by atoms with Gasteiger partial charge >= 0.3 is 0 Å². The molecular formula is C25H28N4O. The molecular weight excluding hydrogens is 372 g/mol. The molecule has 0 saturated carbocycles. The van der Waals surface area contributed by atoms with Crippen LogP contribution in [0.1, 0.15) is 22.0 Å². The van der Waals surface area contributed by atoms with Crippen LogP contribution < -0.4 is 10.2 Å². The number of carbonyl (C=O) groups is 1. The number of para-hydroxylation sites is 2. The van der Waals surface area contributed by atoms with Crippen LogP contribution in [0.3, 0.4) is 0 Å². The normalized spacial score (nSPS) is 17.2. The van der Waals surface area contributed by atoms with E-state index in [1.165, 1.54) is 5.56 Å². The van der Waals surface area contributed by atoms with E-state index in [2.05, 4.69) is 70.7 Å². The third kappa shape index (κ3) is 4.37. The van der Waals surface area contributed by atoms with Gasteiger partial charge in [-0.2, -0.15) is 0 Å². The third-order valence-corrected chi connectivity index (χ3v) is 5.63. The fourth-order valence-electron chi connectivity index (χ4n) is 4.09. The van der Waals surface area contributed by atoms with Crippen LogP contribution >= 0.6 is 0 Å². The van der Waals surface area contributed by atoms with Crippen LogP contribution in [-0.4, -0.2) is 50.0 Å². The van der Waals surface area contributed by atoms with Crippen molar-refractivity contribution in [3.8, 4) is 0 Å². The molecule has 0 bridgehead atoms. The predicted octanol–water partition coefficient (Wildman–Crippen LogP) is 4.58. The van der Waals surface area contributed by atoms with Gasteiger partial charge in [0, 0.05) is 56.4 Å². The maximum absolute atomic E-state index is 11.0. The third-order valence-electron chi connectivity index (χ3n) is 5.63. The monoisotopic (exact) mass is 400 g/mol. The number of hydrogen-bond acceptors (Lipinski definition) is 5. The number of nitrogens with one attached hydrogen (secondary N) is 1. The average molecular weight is 401 g/mol. The molecule has 1 aliphatic heterocycles. The second-order valence-electron chi connectivity index (χ2n) is 7.76. The molecule has 30 heavy (non-hydrogen) atoms. The fraction of sp³-hybridized carbons (Fsp3) is 0.240. The first kappa shape index (κ1) is 20.1. The zero-order chi connectivity index (χ0) is 20.9. The molecule has 0 radical (unpaired) electrons. The highest BCUT2D eigenvalue weighted by atomic mass is 16.1. The Kier molecular flexibility index (Phi) is 6.12. The highest BCUT2D eigenvalue weighted by molar-refractivity contribution is 5.75. The molecule has 0 spiro atoms. The van der Waals surface area contributed by atoms with Crippen molar-refractivity contribution in [1.29, 1.82) is 0 Å². The summed E-state index contributed by atoms with van der Waals surface area (Å²) in [6.07, 6.45) is 0.891. The summed E-state index contributed by atoms with van der Waals surface area (Å²) in [6, 6.07) is 26.9. The summed E-state index contributed by atoms with van der Waals surface area (Å²) in [5.41, 5.74) is 5.33. The quantitative estimate of drug-likeness (QED) is 0.613. The summed E-state index contributed by atoms with van der Waals surface area (Å²) in [6.45, 7) is 2.72. The Hall–Kier alpha value is -3.15. The lowest BCUT2D eigenvalue weighted by atomic mass is 10.0. The zero-order valence-electron chi connectivity index (χ0n) is 17.5. The Balaban J connectivity index is 1.64. The van der Waals surface area contributed by atoms with Gasteiger partial charge in [-0.1, -0.05) is 36.4 Å². The Morgan fingerprint density at radius 2 is 1.60 bits per heavy atom. The molecule has 5 heteroatoms. The number of aldehydes is 1. The summed E-state index contributed by atoms with van der Waals surface area (Å²) in [4.78, 5) is 13.4. The topological polar surface area (TPSA) is 38.8 Å². The van der Waals surface area contributed by atoms with E-state index in [-0.39, 0.29) is 6.04 Å². The Labute approximate surface area is 178 Å². The summed E-state index contributed by atoms with van der Waals surface area (Å²) < 4.78 is 0. The van der Waals surface area contributed by atoms with Crippen LogP contribution in [0.2, 0.25) is 0 Å². The van der Waals surface area contributed by atoms with E-state index < -0.39 is 0 Å². The Bertz CT molecular complexity index is 972. The van der Waals surface area contributed by atoms with Gasteiger partial charge in [-0.3, -0.25) is 4.79 Å². The first-order valence-corrected chi connectivity index (χ1v) is 10.3. The van der Waals surface area contributed by atoms with Crippen molar-refractivity contribution in [3.63, 3.8) is 0 Å². The number of hydrazine groups is 1. The molecule has 1 atom stereocenters. The van der Waals surface area contributed by atoms with Crippen molar-refractivity contribution in [3.05, 3.63) is 90.0 Å². The molecule has 0 aromatic heterocycles. The van der Waals surface area contributed by atoms with Gasteiger partial charge in [0.2, 0.25) is 0 Å². The number of hydrogen-bond donors (Lipinski definition) is 1. The zero-order valence-corrected chi connectivity index (χ0v) is 17.5. The molecule has 0 aliphatic carbocycles. The van der Waals surface area contributed by atoms with E-state index in [9.17, 15) is 4.79 Å². The minimum absolute atomic E-state index is 0.201. The number of rotatable bonds is 6. The number of benzene rings is 3. The average Bonchev–Trinajstić information content (AvgIpc) is 2.80. The number of carbonyl (C=O) groups excluding carboxylic acids is 1. The molecule has 4 rings (SSSR count). The van der Waals surface area contributed by atoms with Gasteiger partial charge in [0.25, 0.3) is 0 Å². The molecule has 1 N–H and O–H groups in total. The standard InChI is InChI=1S/C25H28N4O/c1-27(2)29-17-16-28(22-14-12-20(19-30)13-15-22)18-25(29)23-10-6-7-11-24(23)26-21-8-4-3-5-9-21/h3-15,19,25-26H,16-18H2,1-2H3. The number of nitrogens with zero attached hydrogens (tertiary/aromatic N) is 3. The smallest absolute Gasteiger partial charge is 0.150 e. The maximum Gasteiger partial charge on any atom is 0.150 e. The van der Waals surface area contributed by atoms with Crippen LogP contribution in [0.5, 0.6) is 0 Å². The van der Waals surface area contributed by atoms with Gasteiger partial charge < -0.3 is 10.2 Å². The van der Waals surface area contributed by atoms with E-state index in [0.29, 0.717) is 5.56 Å². The van der Waals surface area contributed by atoms with Crippen molar-refractivity contribution in [2.24, 2.45) is 0 Å². The van der Waals surface area contributed by atoms with E-state index in [4.69, 9.17) is 0 Å². The minimum atomic E-state index is 0.201. The Morgan fingerprint density at radius 1 is 0.900 bits per heavy atom. The Morgan fingerprint density at radius 3 is 2.30 bits per heavy atom. The number of anilines is 3. The molecule has 1 heterocycles. The molecule has 3 aromatic rings. The summed E-state index contributed by atoms with van der Waals surface area (Å²) in [5.74, 6) is 0. The van der Waals surface area contributed by atoms with Gasteiger partial charge in [0.15, 0.2) is 0 Å². The van der Waals surface area contributed by atoms with E-state index in [0.717, 1.165) is 43.0 Å². The van der Waals surface area contributed by atoms with Crippen LogP contribution in [0, 0.1) is 0 Å². The molecule has 1 fully saturated rings. The molecule has 0 amide bonds. The molecule has 1 unspecified atom stereocenters. The van der Waals surface area contributed by atoms with Crippen LogP contribution in [0.15, 0.2) is 78.9 Å². The van der Waals surface area contributed by atoms with Gasteiger partial charge in [0.1, 0.15) is 6.29 Å².